The SMILES string of the molecule is Cc1cnc(N2CCC(C(N)=O)CC2)nc1. The van der Waals surface area contributed by atoms with Gasteiger partial charge in [-0.1, -0.05) is 0 Å². The first-order valence-corrected chi connectivity index (χ1v) is 5.49. The van der Waals surface area contributed by atoms with E-state index < -0.39 is 0 Å². The fourth-order valence-corrected chi connectivity index (χ4v) is 1.91. The third-order valence-electron chi connectivity index (χ3n) is 2.95. The predicted molar refractivity (Wildman–Crippen MR) is 60.9 cm³/mol. The van der Waals surface area contributed by atoms with Gasteiger partial charge >= 0.3 is 0 Å². The molecule has 16 heavy (non-hydrogen) atoms. The molecule has 86 valence electrons. The van der Waals surface area contributed by atoms with Crippen molar-refractivity contribution in [3.63, 3.8) is 0 Å². The molecule has 1 aliphatic heterocycles. The van der Waals surface area contributed by atoms with E-state index in [0.29, 0.717) is 0 Å². The van der Waals surface area contributed by atoms with Crippen molar-refractivity contribution in [2.75, 3.05) is 18.0 Å². The lowest BCUT2D eigenvalue weighted by atomic mass is 9.96. The summed E-state index contributed by atoms with van der Waals surface area (Å²) in [6.07, 6.45) is 5.21. The lowest BCUT2D eigenvalue weighted by Gasteiger charge is -2.30. The molecule has 5 heteroatoms. The van der Waals surface area contributed by atoms with Crippen LogP contribution in [0.1, 0.15) is 18.4 Å². The van der Waals surface area contributed by atoms with E-state index >= 15 is 0 Å². The van der Waals surface area contributed by atoms with E-state index in [1.54, 1.807) is 0 Å². The standard InChI is InChI=1S/C11H16N4O/c1-8-6-13-11(14-7-8)15-4-2-9(3-5-15)10(12)16/h6-7,9H,2-5H2,1H3,(H2,12,16). The number of nitrogens with zero attached hydrogens (tertiary/aromatic N) is 3. The Morgan fingerprint density at radius 1 is 1.38 bits per heavy atom. The van der Waals surface area contributed by atoms with Crippen LogP contribution < -0.4 is 10.6 Å². The maximum atomic E-state index is 11.0. The van der Waals surface area contributed by atoms with Crippen LogP contribution in [0.2, 0.25) is 0 Å². The molecule has 1 aromatic heterocycles. The molecular weight excluding hydrogens is 204 g/mol. The van der Waals surface area contributed by atoms with E-state index in [0.717, 1.165) is 37.4 Å². The molecule has 0 spiro atoms. The number of carbonyl (C=O) groups is 1. The summed E-state index contributed by atoms with van der Waals surface area (Å²) < 4.78 is 0. The van der Waals surface area contributed by atoms with Crippen molar-refractivity contribution < 1.29 is 4.79 Å². The first kappa shape index (κ1) is 10.9. The average Bonchev–Trinajstić information content (AvgIpc) is 2.30. The number of aromatic nitrogens is 2. The average molecular weight is 220 g/mol. The second-order valence-electron chi connectivity index (χ2n) is 4.22. The minimum Gasteiger partial charge on any atom is -0.369 e. The molecule has 1 aliphatic rings. The third kappa shape index (κ3) is 2.29. The van der Waals surface area contributed by atoms with Gasteiger partial charge in [-0.25, -0.2) is 9.97 Å². The Bertz CT molecular complexity index is 368. The molecule has 0 bridgehead atoms. The highest BCUT2D eigenvalue weighted by molar-refractivity contribution is 5.76. The molecule has 1 amide bonds. The van der Waals surface area contributed by atoms with E-state index in [-0.39, 0.29) is 11.8 Å². The maximum Gasteiger partial charge on any atom is 0.225 e. The van der Waals surface area contributed by atoms with Gasteiger partial charge in [-0.2, -0.15) is 0 Å². The van der Waals surface area contributed by atoms with Crippen LogP contribution in [0.25, 0.3) is 0 Å². The smallest absolute Gasteiger partial charge is 0.225 e. The zero-order valence-electron chi connectivity index (χ0n) is 9.39. The molecule has 1 fully saturated rings. The highest BCUT2D eigenvalue weighted by atomic mass is 16.1. The Morgan fingerprint density at radius 2 is 1.94 bits per heavy atom. The number of amides is 1. The summed E-state index contributed by atoms with van der Waals surface area (Å²) in [5, 5.41) is 0. The molecule has 5 nitrogen and oxygen atoms in total. The van der Waals surface area contributed by atoms with Crippen LogP contribution in [-0.4, -0.2) is 29.0 Å². The Balaban J connectivity index is 1.99. The van der Waals surface area contributed by atoms with Gasteiger partial charge < -0.3 is 10.6 Å². The van der Waals surface area contributed by atoms with Crippen molar-refractivity contribution in [3.8, 4) is 0 Å². The van der Waals surface area contributed by atoms with Gasteiger partial charge in [0.1, 0.15) is 0 Å². The summed E-state index contributed by atoms with van der Waals surface area (Å²) in [6.45, 7) is 3.57. The monoisotopic (exact) mass is 220 g/mol. The third-order valence-corrected chi connectivity index (χ3v) is 2.95. The molecule has 2 rings (SSSR count). The van der Waals surface area contributed by atoms with Gasteiger partial charge in [-0.15, -0.1) is 0 Å². The number of primary amides is 1. The number of nitrogens with two attached hydrogens (primary N) is 1. The van der Waals surface area contributed by atoms with Crippen LogP contribution in [0.5, 0.6) is 0 Å². The number of carbonyl (C=O) groups excluding carboxylic acids is 1. The lowest BCUT2D eigenvalue weighted by molar-refractivity contribution is -0.122. The van der Waals surface area contributed by atoms with Crippen LogP contribution in [0.4, 0.5) is 5.95 Å². The zero-order valence-corrected chi connectivity index (χ0v) is 9.39. The van der Waals surface area contributed by atoms with Crippen LogP contribution in [0.15, 0.2) is 12.4 Å². The molecule has 0 saturated carbocycles. The summed E-state index contributed by atoms with van der Waals surface area (Å²) >= 11 is 0. The molecule has 1 aromatic rings. The molecule has 2 N–H and O–H groups in total. The number of hydrogen-bond acceptors (Lipinski definition) is 4. The summed E-state index contributed by atoms with van der Waals surface area (Å²) in [6, 6.07) is 0. The minimum atomic E-state index is -0.190. The maximum absolute atomic E-state index is 11.0. The summed E-state index contributed by atoms with van der Waals surface area (Å²) in [4.78, 5) is 21.7. The zero-order chi connectivity index (χ0) is 11.5. The first-order chi connectivity index (χ1) is 7.66. The lowest BCUT2D eigenvalue weighted by Crippen LogP contribution is -2.39. The van der Waals surface area contributed by atoms with Gasteiger partial charge in [0.05, 0.1) is 0 Å². The van der Waals surface area contributed by atoms with Crippen molar-refractivity contribution in [3.05, 3.63) is 18.0 Å². The fourth-order valence-electron chi connectivity index (χ4n) is 1.91. The van der Waals surface area contributed by atoms with Gasteiger partial charge in [-0.05, 0) is 25.3 Å². The van der Waals surface area contributed by atoms with Gasteiger partial charge in [0, 0.05) is 31.4 Å². The summed E-state index contributed by atoms with van der Waals surface area (Å²) in [7, 11) is 0. The molecule has 0 radical (unpaired) electrons. The van der Waals surface area contributed by atoms with Crippen molar-refractivity contribution in [1.29, 1.82) is 0 Å². The van der Waals surface area contributed by atoms with Crippen molar-refractivity contribution in [1.82, 2.24) is 9.97 Å². The van der Waals surface area contributed by atoms with Gasteiger partial charge in [0.25, 0.3) is 0 Å². The highest BCUT2D eigenvalue weighted by Gasteiger charge is 2.24. The molecule has 2 heterocycles. The van der Waals surface area contributed by atoms with Gasteiger partial charge in [-0.3, -0.25) is 4.79 Å². The van der Waals surface area contributed by atoms with Crippen LogP contribution in [0.3, 0.4) is 0 Å². The summed E-state index contributed by atoms with van der Waals surface area (Å²) in [5.74, 6) is 0.569. The van der Waals surface area contributed by atoms with Crippen molar-refractivity contribution in [2.24, 2.45) is 11.7 Å². The largest absolute Gasteiger partial charge is 0.369 e. The van der Waals surface area contributed by atoms with E-state index in [9.17, 15) is 4.79 Å². The molecule has 0 unspecified atom stereocenters. The fraction of sp³-hybridized carbons (Fsp3) is 0.545. The van der Waals surface area contributed by atoms with E-state index in [1.807, 2.05) is 19.3 Å². The number of rotatable bonds is 2. The number of anilines is 1. The second kappa shape index (κ2) is 4.47. The number of piperidine rings is 1. The topological polar surface area (TPSA) is 72.1 Å². The number of aryl methyl sites for hydroxylation is 1. The molecule has 0 atom stereocenters. The Kier molecular flexibility index (Phi) is 3.03. The van der Waals surface area contributed by atoms with Crippen LogP contribution in [0, 0.1) is 12.8 Å². The minimum absolute atomic E-state index is 0.0155. The van der Waals surface area contributed by atoms with Crippen molar-refractivity contribution >= 4 is 11.9 Å². The summed E-state index contributed by atoms with van der Waals surface area (Å²) in [5.41, 5.74) is 6.33. The molecule has 0 aromatic carbocycles. The second-order valence-corrected chi connectivity index (χ2v) is 4.22. The van der Waals surface area contributed by atoms with E-state index in [1.165, 1.54) is 0 Å². The van der Waals surface area contributed by atoms with Gasteiger partial charge in [0.2, 0.25) is 11.9 Å². The molecular formula is C11H16N4O. The predicted octanol–water partition coefficient (Wildman–Crippen LogP) is 0.487. The Hall–Kier alpha value is -1.65. The van der Waals surface area contributed by atoms with E-state index in [4.69, 9.17) is 5.73 Å². The highest BCUT2D eigenvalue weighted by Crippen LogP contribution is 2.19. The Labute approximate surface area is 94.7 Å². The van der Waals surface area contributed by atoms with Gasteiger partial charge in [0.15, 0.2) is 0 Å². The normalized spacial score (nSPS) is 17.4. The van der Waals surface area contributed by atoms with Crippen LogP contribution in [-0.2, 0) is 4.79 Å². The van der Waals surface area contributed by atoms with E-state index in [2.05, 4.69) is 14.9 Å². The van der Waals surface area contributed by atoms with Crippen molar-refractivity contribution in [2.45, 2.75) is 19.8 Å². The Morgan fingerprint density at radius 3 is 2.44 bits per heavy atom. The molecule has 0 aliphatic carbocycles. The quantitative estimate of drug-likeness (QED) is 0.787. The van der Waals surface area contributed by atoms with Crippen LogP contribution >= 0.6 is 0 Å². The molecule has 1 saturated heterocycles. The first-order valence-electron chi connectivity index (χ1n) is 5.49. The number of hydrogen-bond donors (Lipinski definition) is 1.